The molecule has 3 aromatic carbocycles. The molecule has 236 valence electrons. The SMILES string of the molecule is CC(=O)Nc1ccc(C(=O)Oc2ccc(P3SP(=S)(c4ccc(O)cc4)S3)cc2)c(OC(=O)CC(CO[N+](=O)[O-])O[N+](=O)[O-])c1. The molecule has 2 N–H and O–H groups in total. The Kier molecular flexibility index (Phi) is 11.2. The van der Waals surface area contributed by atoms with Gasteiger partial charge in [-0.25, -0.2) is 4.79 Å². The van der Waals surface area contributed by atoms with Crippen LogP contribution in [0.4, 0.5) is 5.69 Å². The molecule has 1 saturated heterocycles. The van der Waals surface area contributed by atoms with E-state index in [-0.39, 0.29) is 28.5 Å². The molecule has 0 spiro atoms. The van der Waals surface area contributed by atoms with Crippen molar-refractivity contribution in [1.29, 1.82) is 0 Å². The molecule has 1 fully saturated rings. The second-order valence-corrected chi connectivity index (χ2v) is 25.5. The molecule has 4 rings (SSSR count). The number of nitrogens with one attached hydrogen (secondary N) is 1. The molecule has 0 aliphatic carbocycles. The van der Waals surface area contributed by atoms with Gasteiger partial charge in [-0.15, -0.1) is 20.2 Å². The molecule has 0 saturated carbocycles. The molecule has 1 atom stereocenters. The van der Waals surface area contributed by atoms with Crippen LogP contribution in [0.5, 0.6) is 17.2 Å². The summed E-state index contributed by atoms with van der Waals surface area (Å²) in [5.41, 5.74) is -0.0642. The summed E-state index contributed by atoms with van der Waals surface area (Å²) >= 11 is 9.32. The first-order valence-electron chi connectivity index (χ1n) is 12.4. The van der Waals surface area contributed by atoms with Gasteiger partial charge in [-0.2, -0.15) is 0 Å². The Morgan fingerprint density at radius 1 is 1.00 bits per heavy atom. The van der Waals surface area contributed by atoms with E-state index < -0.39 is 57.9 Å². The van der Waals surface area contributed by atoms with E-state index in [4.69, 9.17) is 21.3 Å². The quantitative estimate of drug-likeness (QED) is 0.0809. The van der Waals surface area contributed by atoms with Crippen LogP contribution in [0.25, 0.3) is 0 Å². The lowest BCUT2D eigenvalue weighted by Crippen LogP contribution is -2.29. The third-order valence-corrected chi connectivity index (χ3v) is 30.6. The molecule has 0 radical (unpaired) electrons. The highest BCUT2D eigenvalue weighted by Crippen LogP contribution is 2.99. The van der Waals surface area contributed by atoms with Crippen LogP contribution in [0.3, 0.4) is 0 Å². The second-order valence-electron chi connectivity index (χ2n) is 8.86. The zero-order valence-corrected chi connectivity index (χ0v) is 27.0. The third-order valence-electron chi connectivity index (χ3n) is 5.53. The monoisotopic (exact) mass is 713 g/mol. The number of nitrogens with zero attached hydrogens (tertiary/aromatic N) is 2. The van der Waals surface area contributed by atoms with Gasteiger partial charge in [-0.05, 0) is 66.0 Å². The van der Waals surface area contributed by atoms with Gasteiger partial charge in [0, 0.05) is 24.0 Å². The second kappa shape index (κ2) is 14.9. The van der Waals surface area contributed by atoms with Crippen LogP contribution < -0.4 is 25.4 Å². The maximum Gasteiger partial charge on any atom is 0.347 e. The Morgan fingerprint density at radius 2 is 1.67 bits per heavy atom. The first-order valence-corrected chi connectivity index (χ1v) is 20.6. The minimum Gasteiger partial charge on any atom is -0.508 e. The summed E-state index contributed by atoms with van der Waals surface area (Å²) in [5.74, 6) is -2.52. The van der Waals surface area contributed by atoms with Gasteiger partial charge in [-0.1, -0.05) is 33.8 Å². The van der Waals surface area contributed by atoms with Crippen LogP contribution >= 0.6 is 32.8 Å². The van der Waals surface area contributed by atoms with Gasteiger partial charge in [0.2, 0.25) is 5.91 Å². The molecule has 3 aromatic rings. The summed E-state index contributed by atoms with van der Waals surface area (Å²) in [4.78, 5) is 66.7. The van der Waals surface area contributed by atoms with Crippen LogP contribution in [0, 0.1) is 20.2 Å². The molecule has 1 amide bonds. The normalized spacial score (nSPS) is 17.6. The molecule has 45 heavy (non-hydrogen) atoms. The average molecular weight is 714 g/mol. The van der Waals surface area contributed by atoms with Crippen molar-refractivity contribution in [1.82, 2.24) is 0 Å². The van der Waals surface area contributed by atoms with Crippen molar-refractivity contribution in [2.45, 2.75) is 19.4 Å². The van der Waals surface area contributed by atoms with Gasteiger partial charge in [-0.3, -0.25) is 9.59 Å². The number of hydrogen-bond acceptors (Lipinski definition) is 15. The average Bonchev–Trinajstić information content (AvgIpc) is 2.94. The highest BCUT2D eigenvalue weighted by Gasteiger charge is 2.40. The maximum absolute atomic E-state index is 13.1. The molecule has 0 aromatic heterocycles. The topological polar surface area (TPSA) is 207 Å². The number of phenolic OH excluding ortho intramolecular Hbond substituents is 1. The van der Waals surface area contributed by atoms with E-state index in [2.05, 4.69) is 15.0 Å². The molecular weight excluding hydrogens is 692 g/mol. The maximum atomic E-state index is 13.1. The van der Waals surface area contributed by atoms with Gasteiger partial charge >= 0.3 is 11.9 Å². The summed E-state index contributed by atoms with van der Waals surface area (Å²) < 4.78 is 8.85. The van der Waals surface area contributed by atoms with Crippen LogP contribution in [0.1, 0.15) is 23.7 Å². The fourth-order valence-corrected chi connectivity index (χ4v) is 29.6. The number of amides is 1. The Labute approximate surface area is 267 Å². The van der Waals surface area contributed by atoms with Crippen LogP contribution in [0.2, 0.25) is 0 Å². The molecule has 1 heterocycles. The summed E-state index contributed by atoms with van der Waals surface area (Å²) in [7, 11) is 0. The number of carbonyl (C=O) groups is 3. The van der Waals surface area contributed by atoms with Gasteiger partial charge in [0.05, 0.1) is 17.2 Å². The van der Waals surface area contributed by atoms with Crippen molar-refractivity contribution in [2.75, 3.05) is 11.9 Å². The first-order chi connectivity index (χ1) is 21.3. The lowest BCUT2D eigenvalue weighted by Gasteiger charge is -2.37. The lowest BCUT2D eigenvalue weighted by atomic mass is 10.1. The molecule has 15 nitrogen and oxygen atoms in total. The number of aromatic hydroxyl groups is 1. The molecule has 20 heteroatoms. The van der Waals surface area contributed by atoms with Crippen molar-refractivity contribution in [3.8, 4) is 17.2 Å². The van der Waals surface area contributed by atoms with Crippen molar-refractivity contribution in [3.05, 3.63) is 92.5 Å². The van der Waals surface area contributed by atoms with E-state index in [1.54, 1.807) is 46.3 Å². The van der Waals surface area contributed by atoms with E-state index in [9.17, 15) is 39.7 Å². The van der Waals surface area contributed by atoms with Crippen LogP contribution in [0.15, 0.2) is 66.7 Å². The molecular formula is C25H21N3O12P2S3. The number of hydrogen-bond donors (Lipinski definition) is 2. The van der Waals surface area contributed by atoms with Gasteiger partial charge in [0.25, 0.3) is 10.2 Å². The fourth-order valence-electron chi connectivity index (χ4n) is 3.62. The number of ether oxygens (including phenoxy) is 2. The van der Waals surface area contributed by atoms with Gasteiger partial charge in [0.15, 0.2) is 0 Å². The Balaban J connectivity index is 1.44. The third kappa shape index (κ3) is 9.52. The minimum absolute atomic E-state index is 0.159. The van der Waals surface area contributed by atoms with E-state index in [0.717, 1.165) is 10.6 Å². The Morgan fingerprint density at radius 3 is 2.27 bits per heavy atom. The number of esters is 2. The summed E-state index contributed by atoms with van der Waals surface area (Å²) in [6, 6.07) is 17.5. The van der Waals surface area contributed by atoms with Crippen LogP contribution in [-0.4, -0.2) is 45.8 Å². The molecule has 1 aliphatic heterocycles. The molecule has 1 unspecified atom stereocenters. The zero-order valence-electron chi connectivity index (χ0n) is 22.8. The standard InChI is InChI=1S/C25H21N3O12P2S3/c1-15(29)26-16-2-11-22(23(12-16)39-24(31)13-19(40-28(35)36)14-37-27(33)34)25(32)38-18-5-7-20(8-6-18)41-44-42(43,45-41)21-9-3-17(30)4-10-21/h2-12,19,30H,13-14H2,1H3,(H,26,29). The summed E-state index contributed by atoms with van der Waals surface area (Å²) in [6.07, 6.45) is -3.19. The van der Waals surface area contributed by atoms with E-state index in [0.29, 0.717) is 0 Å². The van der Waals surface area contributed by atoms with Crippen molar-refractivity contribution >= 4 is 78.7 Å². The first kappa shape index (κ1) is 33.9. The number of anilines is 1. The van der Waals surface area contributed by atoms with Crippen molar-refractivity contribution in [3.63, 3.8) is 0 Å². The Bertz CT molecular complexity index is 1670. The number of rotatable bonds is 13. The minimum atomic E-state index is -1.86. The van der Waals surface area contributed by atoms with Gasteiger partial charge < -0.3 is 29.6 Å². The zero-order chi connectivity index (χ0) is 32.7. The molecule has 1 aliphatic rings. The predicted octanol–water partition coefficient (Wildman–Crippen LogP) is 4.70. The molecule has 0 bridgehead atoms. The fraction of sp³-hybridized carbons (Fsp3) is 0.160. The van der Waals surface area contributed by atoms with Crippen molar-refractivity contribution in [2.24, 2.45) is 0 Å². The van der Waals surface area contributed by atoms with E-state index in [1.807, 2.05) is 24.3 Å². The number of benzene rings is 3. The lowest BCUT2D eigenvalue weighted by molar-refractivity contribution is -0.789. The highest BCUT2D eigenvalue weighted by atomic mass is 33.7. The summed E-state index contributed by atoms with van der Waals surface area (Å²) in [5, 5.41) is 32.8. The van der Waals surface area contributed by atoms with Crippen LogP contribution in [-0.2, 0) is 31.1 Å². The largest absolute Gasteiger partial charge is 0.508 e. The summed E-state index contributed by atoms with van der Waals surface area (Å²) in [6.45, 7) is 0.295. The van der Waals surface area contributed by atoms with Gasteiger partial charge in [0.1, 0.15) is 35.5 Å². The van der Waals surface area contributed by atoms with Crippen molar-refractivity contribution < 1.29 is 48.8 Å². The Hall–Kier alpha value is -3.95. The van der Waals surface area contributed by atoms with E-state index >= 15 is 0 Å². The predicted molar refractivity (Wildman–Crippen MR) is 171 cm³/mol. The number of carbonyl (C=O) groups excluding carboxylic acids is 3. The number of phenols is 1. The van der Waals surface area contributed by atoms with E-state index in [1.165, 1.54) is 25.1 Å². The smallest absolute Gasteiger partial charge is 0.347 e. The highest BCUT2D eigenvalue weighted by molar-refractivity contribution is 9.43.